The lowest BCUT2D eigenvalue weighted by Crippen LogP contribution is -2.47. The number of benzene rings is 3. The van der Waals surface area contributed by atoms with Crippen LogP contribution in [0.5, 0.6) is 5.75 Å². The standard InChI is InChI=1S/C28H26ClN3O4/c1-35-14-13-32-26(21-16-30-23-10-6-5-7-18(21)23)25(19-8-3-4-9-20(19)28(32)34)27(33)31-17-11-12-24(36-2)22(29)15-17/h3-12,15-16,25-26,30H,13-14H2,1-2H3,(H,31,33). The highest BCUT2D eigenvalue weighted by Gasteiger charge is 2.44. The second kappa shape index (κ2) is 10.0. The Morgan fingerprint density at radius 1 is 1.06 bits per heavy atom. The molecule has 0 bridgehead atoms. The minimum Gasteiger partial charge on any atom is -0.495 e. The Hall–Kier alpha value is -3.81. The Balaban J connectivity index is 1.64. The summed E-state index contributed by atoms with van der Waals surface area (Å²) in [5, 5.41) is 4.37. The smallest absolute Gasteiger partial charge is 0.254 e. The van der Waals surface area contributed by atoms with Gasteiger partial charge in [0.2, 0.25) is 5.91 Å². The van der Waals surface area contributed by atoms with Crippen LogP contribution in [0.1, 0.15) is 33.4 Å². The third kappa shape index (κ3) is 4.21. The molecule has 3 aromatic carbocycles. The van der Waals surface area contributed by atoms with Crippen molar-refractivity contribution in [3.8, 4) is 5.75 Å². The molecule has 0 saturated carbocycles. The number of rotatable bonds is 7. The lowest BCUT2D eigenvalue weighted by Gasteiger charge is -2.41. The summed E-state index contributed by atoms with van der Waals surface area (Å²) in [5.41, 5.74) is 3.55. The van der Waals surface area contributed by atoms with E-state index in [9.17, 15) is 9.59 Å². The molecule has 2 amide bonds. The minimum atomic E-state index is -0.671. The van der Waals surface area contributed by atoms with Gasteiger partial charge in [0, 0.05) is 47.6 Å². The van der Waals surface area contributed by atoms with Crippen LogP contribution in [0.2, 0.25) is 5.02 Å². The first-order valence-electron chi connectivity index (χ1n) is 11.6. The SMILES string of the molecule is COCCN1C(=O)c2ccccc2C(C(=O)Nc2ccc(OC)c(Cl)c2)C1c1c[nH]c2ccccc12. The fourth-order valence-electron chi connectivity index (χ4n) is 4.96. The van der Waals surface area contributed by atoms with Gasteiger partial charge in [-0.15, -0.1) is 0 Å². The number of nitrogens with one attached hydrogen (secondary N) is 2. The van der Waals surface area contributed by atoms with Gasteiger partial charge in [0.05, 0.1) is 30.7 Å². The van der Waals surface area contributed by atoms with Crippen molar-refractivity contribution in [2.75, 3.05) is 32.7 Å². The zero-order chi connectivity index (χ0) is 25.2. The van der Waals surface area contributed by atoms with Crippen LogP contribution in [0.15, 0.2) is 72.9 Å². The molecule has 8 heteroatoms. The molecule has 2 unspecified atom stereocenters. The largest absolute Gasteiger partial charge is 0.495 e. The van der Waals surface area contributed by atoms with E-state index >= 15 is 0 Å². The maximum atomic E-state index is 14.0. The first kappa shape index (κ1) is 23.9. The first-order valence-corrected chi connectivity index (χ1v) is 12.0. The third-order valence-electron chi connectivity index (χ3n) is 6.62. The van der Waals surface area contributed by atoms with E-state index in [1.54, 1.807) is 36.3 Å². The van der Waals surface area contributed by atoms with Crippen molar-refractivity contribution >= 4 is 40.0 Å². The molecular weight excluding hydrogens is 478 g/mol. The topological polar surface area (TPSA) is 83.7 Å². The Morgan fingerprint density at radius 2 is 1.83 bits per heavy atom. The number of anilines is 1. The van der Waals surface area contributed by atoms with Crippen molar-refractivity contribution < 1.29 is 19.1 Å². The van der Waals surface area contributed by atoms with Gasteiger partial charge in [0.15, 0.2) is 0 Å². The summed E-state index contributed by atoms with van der Waals surface area (Å²) in [5.74, 6) is -0.523. The molecule has 0 radical (unpaired) electrons. The van der Waals surface area contributed by atoms with Crippen molar-refractivity contribution in [2.24, 2.45) is 0 Å². The van der Waals surface area contributed by atoms with E-state index in [4.69, 9.17) is 21.1 Å². The molecule has 4 aromatic rings. The number of amides is 2. The number of methoxy groups -OCH3 is 2. The van der Waals surface area contributed by atoms with Gasteiger partial charge < -0.3 is 24.7 Å². The molecule has 5 rings (SSSR count). The summed E-state index contributed by atoms with van der Waals surface area (Å²) < 4.78 is 10.6. The summed E-state index contributed by atoms with van der Waals surface area (Å²) in [4.78, 5) is 32.7. The Morgan fingerprint density at radius 3 is 2.61 bits per heavy atom. The van der Waals surface area contributed by atoms with Crippen LogP contribution in [0.3, 0.4) is 0 Å². The van der Waals surface area contributed by atoms with E-state index in [0.29, 0.717) is 40.7 Å². The average molecular weight is 504 g/mol. The highest BCUT2D eigenvalue weighted by molar-refractivity contribution is 6.32. The van der Waals surface area contributed by atoms with Gasteiger partial charge in [0.1, 0.15) is 5.75 Å². The number of aromatic nitrogens is 1. The number of ether oxygens (including phenoxy) is 2. The Kier molecular flexibility index (Phi) is 6.67. The number of halogens is 1. The number of para-hydroxylation sites is 1. The maximum Gasteiger partial charge on any atom is 0.254 e. The van der Waals surface area contributed by atoms with Crippen LogP contribution < -0.4 is 10.1 Å². The molecule has 0 saturated heterocycles. The number of nitrogens with zero attached hydrogens (tertiary/aromatic N) is 1. The van der Waals surface area contributed by atoms with Crippen molar-refractivity contribution in [1.82, 2.24) is 9.88 Å². The molecule has 1 aromatic heterocycles. The zero-order valence-corrected chi connectivity index (χ0v) is 20.7. The molecule has 2 heterocycles. The van der Waals surface area contributed by atoms with Gasteiger partial charge in [-0.25, -0.2) is 0 Å². The second-order valence-electron chi connectivity index (χ2n) is 8.63. The fourth-order valence-corrected chi connectivity index (χ4v) is 5.22. The summed E-state index contributed by atoms with van der Waals surface area (Å²) in [7, 11) is 3.14. The average Bonchev–Trinajstić information content (AvgIpc) is 3.32. The minimum absolute atomic E-state index is 0.130. The van der Waals surface area contributed by atoms with Crippen molar-refractivity contribution in [3.63, 3.8) is 0 Å². The van der Waals surface area contributed by atoms with E-state index < -0.39 is 12.0 Å². The van der Waals surface area contributed by atoms with E-state index in [1.165, 1.54) is 7.11 Å². The summed E-state index contributed by atoms with van der Waals surface area (Å²) in [6, 6.07) is 19.7. The van der Waals surface area contributed by atoms with Gasteiger partial charge >= 0.3 is 0 Å². The number of hydrogen-bond donors (Lipinski definition) is 2. The van der Waals surface area contributed by atoms with Gasteiger partial charge in [-0.05, 0) is 35.9 Å². The van der Waals surface area contributed by atoms with E-state index in [0.717, 1.165) is 16.5 Å². The van der Waals surface area contributed by atoms with Crippen molar-refractivity contribution in [3.05, 3.63) is 94.6 Å². The van der Waals surface area contributed by atoms with Crippen molar-refractivity contribution in [1.29, 1.82) is 0 Å². The predicted octanol–water partition coefficient (Wildman–Crippen LogP) is 5.40. The number of carbonyl (C=O) groups is 2. The molecule has 184 valence electrons. The molecule has 7 nitrogen and oxygen atoms in total. The second-order valence-corrected chi connectivity index (χ2v) is 9.04. The molecule has 2 N–H and O–H groups in total. The molecule has 2 atom stereocenters. The molecule has 0 aliphatic carbocycles. The summed E-state index contributed by atoms with van der Waals surface area (Å²) in [6.07, 6.45) is 1.89. The number of aromatic amines is 1. The Bertz CT molecular complexity index is 1430. The number of fused-ring (bicyclic) bond motifs is 2. The van der Waals surface area contributed by atoms with Gasteiger partial charge in [0.25, 0.3) is 5.91 Å². The zero-order valence-electron chi connectivity index (χ0n) is 20.0. The number of H-pyrrole nitrogens is 1. The fraction of sp³-hybridized carbons (Fsp3) is 0.214. The molecule has 1 aliphatic heterocycles. The lowest BCUT2D eigenvalue weighted by molar-refractivity contribution is -0.119. The molecule has 1 aliphatic rings. The van der Waals surface area contributed by atoms with Crippen LogP contribution in [-0.4, -0.2) is 49.1 Å². The van der Waals surface area contributed by atoms with E-state index in [1.807, 2.05) is 48.7 Å². The number of carbonyl (C=O) groups excluding carboxylic acids is 2. The van der Waals surface area contributed by atoms with E-state index in [2.05, 4.69) is 10.3 Å². The predicted molar refractivity (Wildman–Crippen MR) is 140 cm³/mol. The third-order valence-corrected chi connectivity index (χ3v) is 6.91. The normalized spacial score (nSPS) is 17.2. The highest BCUT2D eigenvalue weighted by Crippen LogP contribution is 2.45. The van der Waals surface area contributed by atoms with Crippen LogP contribution in [0.25, 0.3) is 10.9 Å². The van der Waals surface area contributed by atoms with Crippen LogP contribution in [0.4, 0.5) is 5.69 Å². The van der Waals surface area contributed by atoms with Crippen LogP contribution >= 0.6 is 11.6 Å². The molecule has 0 spiro atoms. The lowest BCUT2D eigenvalue weighted by atomic mass is 9.79. The monoisotopic (exact) mass is 503 g/mol. The molecule has 0 fully saturated rings. The maximum absolute atomic E-state index is 14.0. The van der Waals surface area contributed by atoms with Crippen molar-refractivity contribution in [2.45, 2.75) is 12.0 Å². The summed E-state index contributed by atoms with van der Waals surface area (Å²) >= 11 is 6.31. The molecular formula is C28H26ClN3O4. The van der Waals surface area contributed by atoms with Crippen LogP contribution in [-0.2, 0) is 9.53 Å². The Labute approximate surface area is 214 Å². The number of hydrogen-bond acceptors (Lipinski definition) is 4. The quantitative estimate of drug-likeness (QED) is 0.354. The summed E-state index contributed by atoms with van der Waals surface area (Å²) in [6.45, 7) is 0.682. The molecule has 36 heavy (non-hydrogen) atoms. The first-order chi connectivity index (χ1) is 17.5. The van der Waals surface area contributed by atoms with Crippen LogP contribution in [0, 0.1) is 0 Å². The van der Waals surface area contributed by atoms with E-state index in [-0.39, 0.29) is 11.8 Å². The highest BCUT2D eigenvalue weighted by atomic mass is 35.5. The van der Waals surface area contributed by atoms with Gasteiger partial charge in [-0.3, -0.25) is 9.59 Å². The van der Waals surface area contributed by atoms with Gasteiger partial charge in [-0.2, -0.15) is 0 Å². The van der Waals surface area contributed by atoms with Gasteiger partial charge in [-0.1, -0.05) is 48.0 Å².